The van der Waals surface area contributed by atoms with E-state index in [1.807, 2.05) is 13.1 Å². The quantitative estimate of drug-likeness (QED) is 0.947. The second kappa shape index (κ2) is 4.98. The van der Waals surface area contributed by atoms with E-state index in [-0.39, 0.29) is 5.82 Å². The lowest BCUT2D eigenvalue weighted by molar-refractivity contribution is 0.599. The minimum atomic E-state index is -0.493. The van der Waals surface area contributed by atoms with Crippen molar-refractivity contribution in [1.29, 1.82) is 0 Å². The van der Waals surface area contributed by atoms with Gasteiger partial charge in [-0.25, -0.2) is 4.39 Å². The summed E-state index contributed by atoms with van der Waals surface area (Å²) in [4.78, 5) is 0. The molecule has 0 radical (unpaired) electrons. The van der Waals surface area contributed by atoms with Crippen molar-refractivity contribution in [3.05, 3.63) is 52.0 Å². The van der Waals surface area contributed by atoms with Crippen molar-refractivity contribution in [2.45, 2.75) is 19.5 Å². The van der Waals surface area contributed by atoms with Gasteiger partial charge in [-0.1, -0.05) is 15.9 Å². The Balaban J connectivity index is 2.35. The average molecular weight is 298 g/mol. The van der Waals surface area contributed by atoms with Gasteiger partial charge in [0.1, 0.15) is 5.82 Å². The maximum atomic E-state index is 13.7. The lowest BCUT2D eigenvalue weighted by Gasteiger charge is -2.11. The summed E-state index contributed by atoms with van der Waals surface area (Å²) in [5.74, 6) is -0.301. The van der Waals surface area contributed by atoms with Crippen LogP contribution in [0.2, 0.25) is 0 Å². The molecule has 0 amide bonds. The van der Waals surface area contributed by atoms with Crippen molar-refractivity contribution in [2.75, 3.05) is 0 Å². The maximum absolute atomic E-state index is 13.7. The van der Waals surface area contributed by atoms with Crippen molar-refractivity contribution in [2.24, 2.45) is 5.73 Å². The van der Waals surface area contributed by atoms with Gasteiger partial charge in [0.05, 0.1) is 12.2 Å². The molecule has 3 nitrogen and oxygen atoms in total. The van der Waals surface area contributed by atoms with E-state index in [2.05, 4.69) is 21.0 Å². The molecule has 1 heterocycles. The van der Waals surface area contributed by atoms with E-state index >= 15 is 0 Å². The summed E-state index contributed by atoms with van der Waals surface area (Å²) in [5, 5.41) is 4.14. The zero-order valence-electron chi connectivity index (χ0n) is 9.40. The number of hydrogen-bond donors (Lipinski definition) is 1. The van der Waals surface area contributed by atoms with Crippen molar-refractivity contribution < 1.29 is 4.39 Å². The smallest absolute Gasteiger partial charge is 0.128 e. The second-order valence-electron chi connectivity index (χ2n) is 3.77. The fraction of sp³-hybridized carbons (Fsp3) is 0.250. The van der Waals surface area contributed by atoms with Gasteiger partial charge >= 0.3 is 0 Å². The van der Waals surface area contributed by atoms with Gasteiger partial charge in [-0.3, -0.25) is 4.68 Å². The van der Waals surface area contributed by atoms with Crippen LogP contribution in [-0.2, 0) is 6.54 Å². The Morgan fingerprint density at radius 2 is 2.29 bits per heavy atom. The third kappa shape index (κ3) is 2.56. The Morgan fingerprint density at radius 3 is 2.94 bits per heavy atom. The molecule has 0 saturated heterocycles. The van der Waals surface area contributed by atoms with Crippen molar-refractivity contribution in [3.8, 4) is 0 Å². The number of benzene rings is 1. The van der Waals surface area contributed by atoms with Gasteiger partial charge < -0.3 is 5.73 Å². The Bertz CT molecular complexity index is 524. The molecule has 0 aliphatic heterocycles. The number of nitrogens with two attached hydrogens (primary N) is 1. The van der Waals surface area contributed by atoms with Crippen molar-refractivity contribution >= 4 is 15.9 Å². The van der Waals surface area contributed by atoms with Crippen LogP contribution in [0.5, 0.6) is 0 Å². The molecule has 1 aromatic carbocycles. The van der Waals surface area contributed by atoms with Crippen LogP contribution in [0.15, 0.2) is 35.1 Å². The Labute approximate surface area is 108 Å². The fourth-order valence-electron chi connectivity index (χ4n) is 1.65. The van der Waals surface area contributed by atoms with Gasteiger partial charge in [0.25, 0.3) is 0 Å². The minimum Gasteiger partial charge on any atom is -0.320 e. The van der Waals surface area contributed by atoms with E-state index in [9.17, 15) is 4.39 Å². The van der Waals surface area contributed by atoms with Gasteiger partial charge in [0, 0.05) is 28.3 Å². The number of rotatable bonds is 3. The van der Waals surface area contributed by atoms with E-state index in [0.29, 0.717) is 5.56 Å². The first-order valence-electron chi connectivity index (χ1n) is 5.34. The minimum absolute atomic E-state index is 0.301. The molecule has 2 rings (SSSR count). The molecule has 2 N–H and O–H groups in total. The molecule has 0 aliphatic carbocycles. The van der Waals surface area contributed by atoms with E-state index in [1.54, 1.807) is 23.0 Å². The highest BCUT2D eigenvalue weighted by Crippen LogP contribution is 2.24. The molecule has 0 saturated carbocycles. The van der Waals surface area contributed by atoms with Crippen LogP contribution >= 0.6 is 15.9 Å². The molecular weight excluding hydrogens is 285 g/mol. The van der Waals surface area contributed by atoms with E-state index in [4.69, 9.17) is 5.73 Å². The first-order valence-corrected chi connectivity index (χ1v) is 6.14. The van der Waals surface area contributed by atoms with Gasteiger partial charge in [0.2, 0.25) is 0 Å². The summed E-state index contributed by atoms with van der Waals surface area (Å²) in [5.41, 5.74) is 7.32. The van der Waals surface area contributed by atoms with Gasteiger partial charge in [-0.2, -0.15) is 5.10 Å². The Morgan fingerprint density at radius 1 is 1.53 bits per heavy atom. The molecule has 2 aromatic rings. The van der Waals surface area contributed by atoms with Gasteiger partial charge in [-0.05, 0) is 25.1 Å². The van der Waals surface area contributed by atoms with Crippen LogP contribution in [0.1, 0.15) is 24.1 Å². The molecule has 17 heavy (non-hydrogen) atoms. The maximum Gasteiger partial charge on any atom is 0.128 e. The average Bonchev–Trinajstić information content (AvgIpc) is 2.80. The first kappa shape index (κ1) is 12.3. The van der Waals surface area contributed by atoms with E-state index in [1.165, 1.54) is 6.07 Å². The molecule has 90 valence electrons. The number of aryl methyl sites for hydroxylation is 1. The fourth-order valence-corrected chi connectivity index (χ4v) is 2.02. The lowest BCUT2D eigenvalue weighted by Crippen LogP contribution is -2.13. The molecule has 0 spiro atoms. The number of hydrogen-bond acceptors (Lipinski definition) is 2. The standard InChI is InChI=1S/C12H13BrFN3/c1-2-17-7-8(6-16-17)12(15)10-5-9(13)3-4-11(10)14/h3-7,12H,2,15H2,1H3. The first-order chi connectivity index (χ1) is 8.11. The van der Waals surface area contributed by atoms with E-state index < -0.39 is 6.04 Å². The SMILES string of the molecule is CCn1cc(C(N)c2cc(Br)ccc2F)cn1. The molecule has 0 bridgehead atoms. The normalized spacial score (nSPS) is 12.7. The van der Waals surface area contributed by atoms with Crippen LogP contribution in [0.25, 0.3) is 0 Å². The summed E-state index contributed by atoms with van der Waals surface area (Å²) >= 11 is 3.31. The number of aromatic nitrogens is 2. The topological polar surface area (TPSA) is 43.8 Å². The van der Waals surface area contributed by atoms with Crippen LogP contribution in [-0.4, -0.2) is 9.78 Å². The predicted molar refractivity (Wildman–Crippen MR) is 68.0 cm³/mol. The molecule has 0 fully saturated rings. The monoisotopic (exact) mass is 297 g/mol. The van der Waals surface area contributed by atoms with Crippen molar-refractivity contribution in [1.82, 2.24) is 9.78 Å². The lowest BCUT2D eigenvalue weighted by atomic mass is 10.0. The molecule has 1 aromatic heterocycles. The van der Waals surface area contributed by atoms with E-state index in [0.717, 1.165) is 16.6 Å². The largest absolute Gasteiger partial charge is 0.320 e. The van der Waals surface area contributed by atoms with Crippen LogP contribution in [0.3, 0.4) is 0 Å². The summed E-state index contributed by atoms with van der Waals surface area (Å²) in [6.45, 7) is 2.76. The third-order valence-electron chi connectivity index (χ3n) is 2.63. The predicted octanol–water partition coefficient (Wildman–Crippen LogP) is 2.85. The Kier molecular flexibility index (Phi) is 3.59. The Hall–Kier alpha value is -1.20. The molecule has 0 aliphatic rings. The zero-order valence-corrected chi connectivity index (χ0v) is 11.0. The summed E-state index contributed by atoms with van der Waals surface area (Å²) in [6.07, 6.45) is 3.51. The number of nitrogens with zero attached hydrogens (tertiary/aromatic N) is 2. The van der Waals surface area contributed by atoms with Crippen LogP contribution < -0.4 is 5.73 Å². The summed E-state index contributed by atoms with van der Waals surface area (Å²) in [6, 6.07) is 4.26. The highest BCUT2D eigenvalue weighted by molar-refractivity contribution is 9.10. The van der Waals surface area contributed by atoms with Crippen LogP contribution in [0.4, 0.5) is 4.39 Å². The second-order valence-corrected chi connectivity index (χ2v) is 4.69. The third-order valence-corrected chi connectivity index (χ3v) is 3.12. The highest BCUT2D eigenvalue weighted by atomic mass is 79.9. The van der Waals surface area contributed by atoms with Gasteiger partial charge in [-0.15, -0.1) is 0 Å². The number of halogens is 2. The molecule has 1 unspecified atom stereocenters. The summed E-state index contributed by atoms with van der Waals surface area (Å²) < 4.78 is 16.2. The molecular formula is C12H13BrFN3. The zero-order chi connectivity index (χ0) is 12.4. The molecule has 1 atom stereocenters. The van der Waals surface area contributed by atoms with Gasteiger partial charge in [0.15, 0.2) is 0 Å². The highest BCUT2D eigenvalue weighted by Gasteiger charge is 2.15. The summed E-state index contributed by atoms with van der Waals surface area (Å²) in [7, 11) is 0. The van der Waals surface area contributed by atoms with Crippen LogP contribution in [0, 0.1) is 5.82 Å². The van der Waals surface area contributed by atoms with Crippen molar-refractivity contribution in [3.63, 3.8) is 0 Å². The molecule has 5 heteroatoms.